The highest BCUT2D eigenvalue weighted by atomic mass is 15.0. The fourth-order valence-corrected chi connectivity index (χ4v) is 2.85. The molecule has 0 heterocycles. The van der Waals surface area contributed by atoms with Crippen molar-refractivity contribution in [1.29, 1.82) is 0 Å². The van der Waals surface area contributed by atoms with Crippen molar-refractivity contribution in [3.63, 3.8) is 0 Å². The summed E-state index contributed by atoms with van der Waals surface area (Å²) < 4.78 is 0. The Morgan fingerprint density at radius 3 is 1.45 bits per heavy atom. The topological polar surface area (TPSA) is 3.24 Å². The number of rotatable bonds is 4. The van der Waals surface area contributed by atoms with Gasteiger partial charge in [-0.3, -0.25) is 0 Å². The van der Waals surface area contributed by atoms with Crippen molar-refractivity contribution in [1.82, 2.24) is 4.90 Å². The molecule has 0 N–H and O–H groups in total. The Labute approximate surface area is 132 Å². The predicted octanol–water partition coefficient (Wildman–Crippen LogP) is 5.08. The Hall–Kier alpha value is -2.38. The lowest BCUT2D eigenvalue weighted by atomic mass is 9.91. The minimum Gasteiger partial charge on any atom is -0.305 e. The molecule has 0 amide bonds. The maximum Gasteiger partial charge on any atom is 0.0239 e. The van der Waals surface area contributed by atoms with Crippen LogP contribution in [0.15, 0.2) is 78.9 Å². The summed E-state index contributed by atoms with van der Waals surface area (Å²) in [6.07, 6.45) is 0. The van der Waals surface area contributed by atoms with Gasteiger partial charge in [0.25, 0.3) is 0 Å². The van der Waals surface area contributed by atoms with Gasteiger partial charge in [0.1, 0.15) is 0 Å². The molecular weight excluding hydrogens is 266 g/mol. The zero-order valence-electron chi connectivity index (χ0n) is 13.2. The van der Waals surface area contributed by atoms with E-state index < -0.39 is 0 Å². The average molecular weight is 287 g/mol. The second-order valence-electron chi connectivity index (χ2n) is 5.80. The molecule has 3 aromatic carbocycles. The summed E-state index contributed by atoms with van der Waals surface area (Å²) in [5.41, 5.74) is 6.56. The molecule has 0 aliphatic rings. The van der Waals surface area contributed by atoms with Crippen LogP contribution in [-0.4, -0.2) is 19.0 Å². The van der Waals surface area contributed by atoms with Gasteiger partial charge < -0.3 is 4.90 Å². The van der Waals surface area contributed by atoms with Gasteiger partial charge in [-0.1, -0.05) is 78.9 Å². The average Bonchev–Trinajstić information content (AvgIpc) is 2.56. The zero-order chi connectivity index (χ0) is 15.4. The van der Waals surface area contributed by atoms with Gasteiger partial charge in [0.15, 0.2) is 0 Å². The van der Waals surface area contributed by atoms with E-state index in [0.29, 0.717) is 0 Å². The van der Waals surface area contributed by atoms with Gasteiger partial charge in [0.05, 0.1) is 0 Å². The quantitative estimate of drug-likeness (QED) is 0.646. The Kier molecular flexibility index (Phi) is 4.36. The fraction of sp³-hybridized carbons (Fsp3) is 0.143. The molecule has 0 atom stereocenters. The molecule has 3 rings (SSSR count). The number of hydrogen-bond donors (Lipinski definition) is 0. The predicted molar refractivity (Wildman–Crippen MR) is 94.7 cm³/mol. The fourth-order valence-electron chi connectivity index (χ4n) is 2.85. The summed E-state index contributed by atoms with van der Waals surface area (Å²) in [6.45, 7) is 0.926. The third-order valence-corrected chi connectivity index (χ3v) is 3.82. The van der Waals surface area contributed by atoms with E-state index in [0.717, 1.165) is 6.54 Å². The molecule has 0 spiro atoms. The first-order chi connectivity index (χ1) is 10.8. The van der Waals surface area contributed by atoms with Crippen LogP contribution in [0.5, 0.6) is 0 Å². The molecule has 0 radical (unpaired) electrons. The highest BCUT2D eigenvalue weighted by Gasteiger charge is 2.12. The Bertz CT molecular complexity index is 673. The van der Waals surface area contributed by atoms with Crippen molar-refractivity contribution >= 4 is 0 Å². The zero-order valence-corrected chi connectivity index (χ0v) is 13.2. The van der Waals surface area contributed by atoms with Crippen LogP contribution < -0.4 is 0 Å². The van der Waals surface area contributed by atoms with Crippen molar-refractivity contribution < 1.29 is 0 Å². The second kappa shape index (κ2) is 6.59. The molecule has 110 valence electrons. The van der Waals surface area contributed by atoms with E-state index in [4.69, 9.17) is 0 Å². The van der Waals surface area contributed by atoms with E-state index >= 15 is 0 Å². The van der Waals surface area contributed by atoms with Crippen LogP contribution in [-0.2, 0) is 6.54 Å². The number of hydrogen-bond acceptors (Lipinski definition) is 1. The molecular formula is C21H21N. The van der Waals surface area contributed by atoms with Crippen LogP contribution in [0.2, 0.25) is 0 Å². The van der Waals surface area contributed by atoms with Gasteiger partial charge in [-0.05, 0) is 41.9 Å². The number of benzene rings is 3. The maximum absolute atomic E-state index is 2.23. The van der Waals surface area contributed by atoms with Gasteiger partial charge in [-0.25, -0.2) is 0 Å². The van der Waals surface area contributed by atoms with Gasteiger partial charge in [-0.2, -0.15) is 0 Å². The van der Waals surface area contributed by atoms with Gasteiger partial charge in [-0.15, -0.1) is 0 Å². The standard InChI is InChI=1S/C21H21N/c1-22(2)16-21-19(17-10-5-3-6-11-17)14-9-15-20(21)18-12-7-4-8-13-18/h3-15H,16H2,1-2H3. The van der Waals surface area contributed by atoms with Crippen molar-refractivity contribution in [2.45, 2.75) is 6.54 Å². The molecule has 22 heavy (non-hydrogen) atoms. The van der Waals surface area contributed by atoms with E-state index in [1.54, 1.807) is 0 Å². The lowest BCUT2D eigenvalue weighted by molar-refractivity contribution is 0.403. The first kappa shape index (κ1) is 14.6. The summed E-state index contributed by atoms with van der Waals surface area (Å²) in [5.74, 6) is 0. The van der Waals surface area contributed by atoms with Crippen LogP contribution >= 0.6 is 0 Å². The SMILES string of the molecule is CN(C)Cc1c(-c2ccccc2)cccc1-c1ccccc1. The third-order valence-electron chi connectivity index (χ3n) is 3.82. The van der Waals surface area contributed by atoms with Crippen molar-refractivity contribution in [2.24, 2.45) is 0 Å². The first-order valence-electron chi connectivity index (χ1n) is 7.63. The maximum atomic E-state index is 2.23. The molecule has 1 nitrogen and oxygen atoms in total. The van der Waals surface area contributed by atoms with Crippen molar-refractivity contribution in [3.05, 3.63) is 84.4 Å². The van der Waals surface area contributed by atoms with Crippen LogP contribution in [0.1, 0.15) is 5.56 Å². The van der Waals surface area contributed by atoms with Crippen LogP contribution in [0.3, 0.4) is 0 Å². The van der Waals surface area contributed by atoms with E-state index in [1.165, 1.54) is 27.8 Å². The van der Waals surface area contributed by atoms with E-state index in [2.05, 4.69) is 97.9 Å². The molecule has 0 fully saturated rings. The first-order valence-corrected chi connectivity index (χ1v) is 7.63. The summed E-state index contributed by atoms with van der Waals surface area (Å²) >= 11 is 0. The summed E-state index contributed by atoms with van der Waals surface area (Å²) in [6, 6.07) is 27.9. The highest BCUT2D eigenvalue weighted by molar-refractivity contribution is 5.78. The lowest BCUT2D eigenvalue weighted by Crippen LogP contribution is -2.12. The van der Waals surface area contributed by atoms with Crippen molar-refractivity contribution in [3.8, 4) is 22.3 Å². The van der Waals surface area contributed by atoms with Gasteiger partial charge >= 0.3 is 0 Å². The van der Waals surface area contributed by atoms with Crippen molar-refractivity contribution in [2.75, 3.05) is 14.1 Å². The van der Waals surface area contributed by atoms with Crippen LogP contribution in [0, 0.1) is 0 Å². The molecule has 0 aliphatic heterocycles. The minimum absolute atomic E-state index is 0.926. The lowest BCUT2D eigenvalue weighted by Gasteiger charge is -2.19. The summed E-state index contributed by atoms with van der Waals surface area (Å²) in [7, 11) is 4.24. The molecule has 0 aliphatic carbocycles. The monoisotopic (exact) mass is 287 g/mol. The molecule has 0 bridgehead atoms. The smallest absolute Gasteiger partial charge is 0.0239 e. The Morgan fingerprint density at radius 2 is 1.05 bits per heavy atom. The minimum atomic E-state index is 0.926. The normalized spacial score (nSPS) is 10.9. The van der Waals surface area contributed by atoms with Crippen LogP contribution in [0.25, 0.3) is 22.3 Å². The number of nitrogens with zero attached hydrogens (tertiary/aromatic N) is 1. The Balaban J connectivity index is 2.19. The second-order valence-corrected chi connectivity index (χ2v) is 5.80. The van der Waals surface area contributed by atoms with E-state index in [9.17, 15) is 0 Å². The molecule has 0 unspecified atom stereocenters. The molecule has 0 saturated carbocycles. The molecule has 0 aromatic heterocycles. The third kappa shape index (κ3) is 3.10. The van der Waals surface area contributed by atoms with E-state index in [-0.39, 0.29) is 0 Å². The van der Waals surface area contributed by atoms with Crippen LogP contribution in [0.4, 0.5) is 0 Å². The largest absolute Gasteiger partial charge is 0.305 e. The molecule has 1 heteroatoms. The Morgan fingerprint density at radius 1 is 0.591 bits per heavy atom. The highest BCUT2D eigenvalue weighted by Crippen LogP contribution is 2.33. The van der Waals surface area contributed by atoms with Gasteiger partial charge in [0.2, 0.25) is 0 Å². The summed E-state index contributed by atoms with van der Waals surface area (Å²) in [5, 5.41) is 0. The van der Waals surface area contributed by atoms with E-state index in [1.807, 2.05) is 0 Å². The molecule has 3 aromatic rings. The molecule has 0 saturated heterocycles. The summed E-state index contributed by atoms with van der Waals surface area (Å²) in [4.78, 5) is 2.23. The van der Waals surface area contributed by atoms with Gasteiger partial charge in [0, 0.05) is 6.54 Å².